The van der Waals surface area contributed by atoms with Gasteiger partial charge in [-0.25, -0.2) is 0 Å². The third kappa shape index (κ3) is 7.33. The highest BCUT2D eigenvalue weighted by Gasteiger charge is 2.45. The highest BCUT2D eigenvalue weighted by atomic mass is 32.2. The number of ether oxygens (including phenoxy) is 1. The number of rotatable bonds is 15. The summed E-state index contributed by atoms with van der Waals surface area (Å²) in [6.45, 7) is 2.32. The molecule has 16 heteroatoms. The number of hydrogen-bond acceptors (Lipinski definition) is 10. The molecule has 296 valence electrons. The molecule has 3 heterocycles. The van der Waals surface area contributed by atoms with Gasteiger partial charge in [0.2, 0.25) is 17.7 Å². The Hall–Kier alpha value is -6.13. The zero-order chi connectivity index (χ0) is 40.5. The third-order valence-electron chi connectivity index (χ3n) is 10.6. The van der Waals surface area contributed by atoms with Gasteiger partial charge in [-0.05, 0) is 79.8 Å². The number of carbonyl (C=O) groups excluding carboxylic acids is 6. The average Bonchev–Trinajstić information content (AvgIpc) is 3.59. The van der Waals surface area contributed by atoms with E-state index in [1.165, 1.54) is 12.0 Å². The Bertz CT molecular complexity index is 2370. The Morgan fingerprint density at radius 3 is 2.51 bits per heavy atom. The van der Waals surface area contributed by atoms with Crippen molar-refractivity contribution in [3.05, 3.63) is 89.0 Å². The van der Waals surface area contributed by atoms with E-state index in [9.17, 15) is 37.5 Å². The van der Waals surface area contributed by atoms with E-state index in [-0.39, 0.29) is 54.7 Å². The molecular weight excluding hydrogens is 753 g/mol. The number of piperidine rings is 1. The van der Waals surface area contributed by atoms with E-state index < -0.39 is 40.9 Å². The first kappa shape index (κ1) is 39.1. The van der Waals surface area contributed by atoms with E-state index in [1.54, 1.807) is 67.7 Å². The van der Waals surface area contributed by atoms with Crippen molar-refractivity contribution in [1.82, 2.24) is 15.5 Å². The highest BCUT2D eigenvalue weighted by Crippen LogP contribution is 2.45. The Labute approximate surface area is 331 Å². The minimum Gasteiger partial charge on any atom is -0.755 e. The lowest BCUT2D eigenvalue weighted by atomic mass is 9.97. The number of aryl methyl sites for hydroxylation is 1. The van der Waals surface area contributed by atoms with Crippen LogP contribution in [0, 0.1) is 0 Å². The van der Waals surface area contributed by atoms with Crippen molar-refractivity contribution >= 4 is 80.2 Å². The van der Waals surface area contributed by atoms with E-state index in [4.69, 9.17) is 4.74 Å². The van der Waals surface area contributed by atoms with Crippen LogP contribution in [0.5, 0.6) is 5.75 Å². The van der Waals surface area contributed by atoms with Gasteiger partial charge < -0.3 is 24.8 Å². The number of nitrogens with one attached hydrogen (secondary N) is 3. The molecule has 4 aromatic carbocycles. The van der Waals surface area contributed by atoms with Crippen LogP contribution in [0.25, 0.3) is 10.8 Å². The summed E-state index contributed by atoms with van der Waals surface area (Å²) in [5.74, 6) is -2.43. The van der Waals surface area contributed by atoms with Crippen molar-refractivity contribution in [1.29, 1.82) is 0 Å². The molecular formula is C41H41N6O9S-. The third-order valence-corrected chi connectivity index (χ3v) is 11.3. The molecule has 1 fully saturated rings. The minimum absolute atomic E-state index is 0.0246. The predicted octanol–water partition coefficient (Wildman–Crippen LogP) is 4.49. The lowest BCUT2D eigenvalue weighted by Gasteiger charge is -2.29. The molecule has 6 amide bonds. The quantitative estimate of drug-likeness (QED) is 0.114. The lowest BCUT2D eigenvalue weighted by molar-refractivity contribution is -0.136. The molecule has 7 rings (SSSR count). The maximum Gasteiger partial charge on any atom is 0.264 e. The number of anilines is 4. The zero-order valence-electron chi connectivity index (χ0n) is 31.6. The number of nitrogens with zero attached hydrogens (tertiary/aromatic N) is 3. The molecule has 1 saturated heterocycles. The summed E-state index contributed by atoms with van der Waals surface area (Å²) in [5.41, 5.74) is 3.17. The van der Waals surface area contributed by atoms with Crippen molar-refractivity contribution in [2.24, 2.45) is 0 Å². The fourth-order valence-electron chi connectivity index (χ4n) is 7.88. The fraction of sp³-hybridized carbons (Fsp3) is 0.317. The number of amides is 6. The first-order valence-corrected chi connectivity index (χ1v) is 19.7. The van der Waals surface area contributed by atoms with Gasteiger partial charge in [0, 0.05) is 48.9 Å². The van der Waals surface area contributed by atoms with Crippen molar-refractivity contribution in [2.45, 2.75) is 64.0 Å². The summed E-state index contributed by atoms with van der Waals surface area (Å²) in [5, 5.41) is 9.72. The molecule has 0 aliphatic carbocycles. The van der Waals surface area contributed by atoms with Crippen LogP contribution in [-0.4, -0.2) is 81.9 Å². The number of fused-ring (bicyclic) bond motifs is 1. The van der Waals surface area contributed by atoms with Gasteiger partial charge in [-0.3, -0.25) is 47.5 Å². The van der Waals surface area contributed by atoms with Crippen molar-refractivity contribution < 1.29 is 42.3 Å². The summed E-state index contributed by atoms with van der Waals surface area (Å²) in [7, 11) is 3.11. The minimum atomic E-state index is -2.76. The number of imide groups is 2. The number of benzene rings is 4. The van der Waals surface area contributed by atoms with Gasteiger partial charge in [0.25, 0.3) is 17.7 Å². The molecule has 0 saturated carbocycles. The molecule has 0 radical (unpaired) electrons. The van der Waals surface area contributed by atoms with E-state index >= 15 is 0 Å². The Morgan fingerprint density at radius 1 is 0.982 bits per heavy atom. The molecule has 3 N–H and O–H groups in total. The summed E-state index contributed by atoms with van der Waals surface area (Å²) in [6, 6.07) is 17.3. The van der Waals surface area contributed by atoms with E-state index in [2.05, 4.69) is 16.0 Å². The van der Waals surface area contributed by atoms with Crippen LogP contribution in [0.15, 0.2) is 66.7 Å². The second-order valence-electron chi connectivity index (χ2n) is 14.2. The monoisotopic (exact) mass is 793 g/mol. The fourth-order valence-corrected chi connectivity index (χ4v) is 8.51. The van der Waals surface area contributed by atoms with Gasteiger partial charge in [0.15, 0.2) is 0 Å². The van der Waals surface area contributed by atoms with Gasteiger partial charge >= 0.3 is 0 Å². The second kappa shape index (κ2) is 16.2. The van der Waals surface area contributed by atoms with Crippen LogP contribution in [0.4, 0.5) is 22.7 Å². The van der Waals surface area contributed by atoms with Gasteiger partial charge in [-0.2, -0.15) is 0 Å². The van der Waals surface area contributed by atoms with Crippen molar-refractivity contribution in [3.8, 4) is 5.75 Å². The average molecular weight is 794 g/mol. The molecule has 0 aromatic heterocycles. The molecule has 0 bridgehead atoms. The summed E-state index contributed by atoms with van der Waals surface area (Å²) in [4.78, 5) is 80.2. The summed E-state index contributed by atoms with van der Waals surface area (Å²) in [6.07, 6.45) is 2.45. The molecule has 3 unspecified atom stereocenters. The van der Waals surface area contributed by atoms with E-state index in [1.807, 2.05) is 13.0 Å². The predicted molar refractivity (Wildman–Crippen MR) is 212 cm³/mol. The number of methoxy groups -OCH3 is 1. The van der Waals surface area contributed by atoms with Crippen molar-refractivity contribution in [3.63, 3.8) is 0 Å². The largest absolute Gasteiger partial charge is 0.755 e. The van der Waals surface area contributed by atoms with Crippen LogP contribution < -0.4 is 29.9 Å². The summed E-state index contributed by atoms with van der Waals surface area (Å²) < 4.78 is 32.1. The molecule has 3 aliphatic heterocycles. The van der Waals surface area contributed by atoms with Gasteiger partial charge in [0.05, 0.1) is 52.1 Å². The number of hydrogen-bond donors (Lipinski definition) is 3. The molecule has 3 aliphatic rings. The Kier molecular flexibility index (Phi) is 11.1. The Morgan fingerprint density at radius 2 is 1.77 bits per heavy atom. The van der Waals surface area contributed by atoms with Crippen LogP contribution in [-0.2, 0) is 32.1 Å². The SMILES string of the molecule is CCCC(CCNC(=O)CCc1cc2c3c(ccc(N(c4ccccc4OC)S(=O)[O-])c3c1)N(C)C2=O)Nc1cccc2c1C(=O)N(C1CCC(=O)NC1=O)C2=O. The van der Waals surface area contributed by atoms with Crippen molar-refractivity contribution in [2.75, 3.05) is 35.2 Å². The zero-order valence-corrected chi connectivity index (χ0v) is 32.4. The smallest absolute Gasteiger partial charge is 0.264 e. The lowest BCUT2D eigenvalue weighted by Crippen LogP contribution is -2.54. The van der Waals surface area contributed by atoms with Gasteiger partial charge in [-0.1, -0.05) is 31.5 Å². The molecule has 4 aromatic rings. The van der Waals surface area contributed by atoms with Crippen LogP contribution >= 0.6 is 0 Å². The first-order chi connectivity index (χ1) is 27.4. The number of para-hydroxylation sites is 2. The van der Waals surface area contributed by atoms with Gasteiger partial charge in [-0.15, -0.1) is 0 Å². The number of carbonyl (C=O) groups is 6. The second-order valence-corrected chi connectivity index (χ2v) is 15.0. The van der Waals surface area contributed by atoms with Crippen LogP contribution in [0.2, 0.25) is 0 Å². The van der Waals surface area contributed by atoms with E-state index in [0.29, 0.717) is 69.8 Å². The Balaban J connectivity index is 1.04. The first-order valence-electron chi connectivity index (χ1n) is 18.7. The normalized spacial score (nSPS) is 17.1. The molecule has 15 nitrogen and oxygen atoms in total. The standard InChI is InChI=1S/C41H42N6O9S/c1-4-8-24(43-28-10-7-9-25-37(28)41(53)46(40(25)52)32-16-18-35(49)44-38(32)50)19-20-42-34(48)17-13-23-21-26-29(14-15-31-36(26)27(22-23)39(51)45(31)2)47(57(54)55)30-11-5-6-12-33(30)56-3/h5-7,9-12,14-15,21-22,24,32,43H,4,8,13,16-20H2,1-3H3,(H,42,48)(H,54,55)(H,44,49,50)/p-1. The van der Waals surface area contributed by atoms with Crippen LogP contribution in [0.1, 0.15) is 82.1 Å². The van der Waals surface area contributed by atoms with Crippen LogP contribution in [0.3, 0.4) is 0 Å². The van der Waals surface area contributed by atoms with Gasteiger partial charge in [0.1, 0.15) is 11.8 Å². The highest BCUT2D eigenvalue weighted by molar-refractivity contribution is 7.81. The summed E-state index contributed by atoms with van der Waals surface area (Å²) >= 11 is -2.76. The molecule has 3 atom stereocenters. The molecule has 57 heavy (non-hydrogen) atoms. The topological polar surface area (TPSA) is 198 Å². The van der Waals surface area contributed by atoms with E-state index in [0.717, 1.165) is 15.6 Å². The molecule has 0 spiro atoms. The maximum absolute atomic E-state index is 13.6. The maximum atomic E-state index is 13.6.